The Bertz CT molecular complexity index is 589. The summed E-state index contributed by atoms with van der Waals surface area (Å²) in [5.41, 5.74) is 4.07. The number of anilines is 2. The van der Waals surface area contributed by atoms with Gasteiger partial charge in [0, 0.05) is 24.7 Å². The molecule has 0 saturated heterocycles. The van der Waals surface area contributed by atoms with Gasteiger partial charge in [0.25, 0.3) is 0 Å². The Morgan fingerprint density at radius 2 is 1.58 bits per heavy atom. The number of para-hydroxylation sites is 2. The summed E-state index contributed by atoms with van der Waals surface area (Å²) in [4.78, 5) is 14.1. The molecule has 2 heteroatoms. The quantitative estimate of drug-likeness (QED) is 0.755. The van der Waals surface area contributed by atoms with Gasteiger partial charge < -0.3 is 4.90 Å². The summed E-state index contributed by atoms with van der Waals surface area (Å²) in [7, 11) is 2.00. The summed E-state index contributed by atoms with van der Waals surface area (Å²) in [6.07, 6.45) is 0.526. The van der Waals surface area contributed by atoms with E-state index in [2.05, 4.69) is 24.0 Å². The minimum Gasteiger partial charge on any atom is -0.344 e. The van der Waals surface area contributed by atoms with Gasteiger partial charge in [-0.15, -0.1) is 0 Å². The highest BCUT2D eigenvalue weighted by Gasteiger charge is 2.14. The minimum atomic E-state index is 0.177. The Balaban J connectivity index is 2.48. The van der Waals surface area contributed by atoms with Crippen LogP contribution in [-0.4, -0.2) is 12.8 Å². The van der Waals surface area contributed by atoms with E-state index in [-0.39, 0.29) is 5.78 Å². The fraction of sp³-hybridized carbons (Fsp3) is 0.235. The number of aryl methyl sites for hydroxylation is 1. The lowest BCUT2D eigenvalue weighted by Gasteiger charge is -2.23. The summed E-state index contributed by atoms with van der Waals surface area (Å²) in [6.45, 7) is 3.98. The van der Waals surface area contributed by atoms with Crippen LogP contribution in [0, 0.1) is 6.92 Å². The molecule has 0 N–H and O–H groups in total. The smallest absolute Gasteiger partial charge is 0.164 e. The summed E-state index contributed by atoms with van der Waals surface area (Å²) in [6, 6.07) is 16.0. The normalized spacial score (nSPS) is 10.3. The highest BCUT2D eigenvalue weighted by atomic mass is 16.1. The standard InChI is InChI=1S/C17H19NO/c1-4-17(19)14-10-6-8-12-16(14)18(3)15-11-7-5-9-13(15)2/h5-12H,4H2,1-3H3. The number of ketones is 1. The molecule has 2 aromatic rings. The zero-order valence-electron chi connectivity index (χ0n) is 11.7. The first-order valence-corrected chi connectivity index (χ1v) is 6.56. The van der Waals surface area contributed by atoms with Crippen LogP contribution >= 0.6 is 0 Å². The van der Waals surface area contributed by atoms with Crippen molar-refractivity contribution in [3.63, 3.8) is 0 Å². The third-order valence-corrected chi connectivity index (χ3v) is 3.36. The molecule has 2 nitrogen and oxygen atoms in total. The number of nitrogens with zero attached hydrogens (tertiary/aromatic N) is 1. The van der Waals surface area contributed by atoms with Crippen LogP contribution in [-0.2, 0) is 0 Å². The van der Waals surface area contributed by atoms with Gasteiger partial charge in [0.1, 0.15) is 0 Å². The first-order chi connectivity index (χ1) is 9.15. The highest BCUT2D eigenvalue weighted by Crippen LogP contribution is 2.29. The van der Waals surface area contributed by atoms with Crippen molar-refractivity contribution in [3.05, 3.63) is 59.7 Å². The Morgan fingerprint density at radius 3 is 2.21 bits per heavy atom. The van der Waals surface area contributed by atoms with Gasteiger partial charge >= 0.3 is 0 Å². The van der Waals surface area contributed by atoms with E-state index in [0.717, 1.165) is 16.9 Å². The summed E-state index contributed by atoms with van der Waals surface area (Å²) in [5.74, 6) is 0.177. The number of hydrogen-bond acceptors (Lipinski definition) is 2. The lowest BCUT2D eigenvalue weighted by Crippen LogP contribution is -2.14. The van der Waals surface area contributed by atoms with Crippen molar-refractivity contribution in [2.75, 3.05) is 11.9 Å². The van der Waals surface area contributed by atoms with E-state index in [4.69, 9.17) is 0 Å². The van der Waals surface area contributed by atoms with Crippen LogP contribution in [0.15, 0.2) is 48.5 Å². The third-order valence-electron chi connectivity index (χ3n) is 3.36. The third kappa shape index (κ3) is 2.68. The first-order valence-electron chi connectivity index (χ1n) is 6.56. The maximum absolute atomic E-state index is 12.0. The lowest BCUT2D eigenvalue weighted by molar-refractivity contribution is 0.0989. The molecule has 0 aliphatic carbocycles. The van der Waals surface area contributed by atoms with Gasteiger partial charge in [0.05, 0.1) is 5.69 Å². The molecule has 98 valence electrons. The molecule has 2 rings (SSSR count). The molecule has 0 saturated carbocycles. The predicted octanol–water partition coefficient (Wildman–Crippen LogP) is 4.36. The molecule has 0 aliphatic heterocycles. The monoisotopic (exact) mass is 253 g/mol. The molecule has 0 spiro atoms. The molecule has 0 atom stereocenters. The molecule has 0 aliphatic rings. The van der Waals surface area contributed by atoms with Gasteiger partial charge in [-0.2, -0.15) is 0 Å². The molecule has 0 bridgehead atoms. The number of Topliss-reactive ketones (excluding diaryl/α,β-unsaturated/α-hetero) is 1. The van der Waals surface area contributed by atoms with Gasteiger partial charge in [0.15, 0.2) is 5.78 Å². The number of benzene rings is 2. The molecular formula is C17H19NO. The van der Waals surface area contributed by atoms with Crippen LogP contribution in [0.3, 0.4) is 0 Å². The highest BCUT2D eigenvalue weighted by molar-refractivity contribution is 6.02. The Hall–Kier alpha value is -2.09. The maximum atomic E-state index is 12.0. The summed E-state index contributed by atoms with van der Waals surface area (Å²) in [5, 5.41) is 0. The largest absolute Gasteiger partial charge is 0.344 e. The van der Waals surface area contributed by atoms with E-state index in [1.54, 1.807) is 0 Å². The predicted molar refractivity (Wildman–Crippen MR) is 80.3 cm³/mol. The molecule has 2 aromatic carbocycles. The molecule has 0 amide bonds. The minimum absolute atomic E-state index is 0.177. The van der Waals surface area contributed by atoms with E-state index in [0.29, 0.717) is 6.42 Å². The first kappa shape index (κ1) is 13.3. The lowest BCUT2D eigenvalue weighted by atomic mass is 10.0. The average Bonchev–Trinajstić information content (AvgIpc) is 2.46. The van der Waals surface area contributed by atoms with Crippen molar-refractivity contribution >= 4 is 17.2 Å². The van der Waals surface area contributed by atoms with Crippen LogP contribution in [0.2, 0.25) is 0 Å². The average molecular weight is 253 g/mol. The maximum Gasteiger partial charge on any atom is 0.164 e. The van der Waals surface area contributed by atoms with E-state index < -0.39 is 0 Å². The fourth-order valence-electron chi connectivity index (χ4n) is 2.26. The van der Waals surface area contributed by atoms with Crippen LogP contribution in [0.4, 0.5) is 11.4 Å². The SMILES string of the molecule is CCC(=O)c1ccccc1N(C)c1ccccc1C. The van der Waals surface area contributed by atoms with Crippen molar-refractivity contribution < 1.29 is 4.79 Å². The van der Waals surface area contributed by atoms with Crippen LogP contribution in [0.1, 0.15) is 29.3 Å². The second-order valence-electron chi connectivity index (χ2n) is 4.64. The molecule has 0 heterocycles. The van der Waals surface area contributed by atoms with Gasteiger partial charge in [0.2, 0.25) is 0 Å². The van der Waals surface area contributed by atoms with Crippen LogP contribution in [0.25, 0.3) is 0 Å². The zero-order valence-corrected chi connectivity index (χ0v) is 11.7. The summed E-state index contributed by atoms with van der Waals surface area (Å²) < 4.78 is 0. The van der Waals surface area contributed by atoms with Gasteiger partial charge in [-0.25, -0.2) is 0 Å². The van der Waals surface area contributed by atoms with Crippen molar-refractivity contribution in [2.45, 2.75) is 20.3 Å². The molecule has 0 radical (unpaired) electrons. The van der Waals surface area contributed by atoms with Crippen molar-refractivity contribution in [1.82, 2.24) is 0 Å². The molecular weight excluding hydrogens is 234 g/mol. The molecule has 19 heavy (non-hydrogen) atoms. The van der Waals surface area contributed by atoms with Gasteiger partial charge in [-0.3, -0.25) is 4.79 Å². The Kier molecular flexibility index (Phi) is 4.00. The van der Waals surface area contributed by atoms with Crippen molar-refractivity contribution in [1.29, 1.82) is 0 Å². The number of carbonyl (C=O) groups excluding carboxylic acids is 1. The van der Waals surface area contributed by atoms with E-state index >= 15 is 0 Å². The number of hydrogen-bond donors (Lipinski definition) is 0. The molecule has 0 unspecified atom stereocenters. The molecule has 0 aromatic heterocycles. The van der Waals surface area contributed by atoms with Crippen molar-refractivity contribution in [3.8, 4) is 0 Å². The van der Waals surface area contributed by atoms with E-state index in [9.17, 15) is 4.79 Å². The molecule has 0 fully saturated rings. The van der Waals surface area contributed by atoms with E-state index in [1.165, 1.54) is 5.56 Å². The Morgan fingerprint density at radius 1 is 1.00 bits per heavy atom. The topological polar surface area (TPSA) is 20.3 Å². The Labute approximate surface area is 114 Å². The van der Waals surface area contributed by atoms with Gasteiger partial charge in [-0.1, -0.05) is 37.3 Å². The van der Waals surface area contributed by atoms with E-state index in [1.807, 2.05) is 50.4 Å². The van der Waals surface area contributed by atoms with Crippen molar-refractivity contribution in [2.24, 2.45) is 0 Å². The number of carbonyl (C=O) groups is 1. The van der Waals surface area contributed by atoms with Crippen LogP contribution in [0.5, 0.6) is 0 Å². The van der Waals surface area contributed by atoms with Crippen LogP contribution < -0.4 is 4.90 Å². The second kappa shape index (κ2) is 5.70. The fourth-order valence-corrected chi connectivity index (χ4v) is 2.26. The zero-order chi connectivity index (χ0) is 13.8. The number of rotatable bonds is 4. The summed E-state index contributed by atoms with van der Waals surface area (Å²) >= 11 is 0. The van der Waals surface area contributed by atoms with Gasteiger partial charge in [-0.05, 0) is 30.7 Å². The second-order valence-corrected chi connectivity index (χ2v) is 4.64.